The van der Waals surface area contributed by atoms with Crippen LogP contribution in [0.3, 0.4) is 0 Å². The van der Waals surface area contributed by atoms with Crippen molar-refractivity contribution in [3.8, 4) is 11.3 Å². The molecule has 1 aromatic carbocycles. The van der Waals surface area contributed by atoms with Crippen LogP contribution < -0.4 is 10.0 Å². The average Bonchev–Trinajstić information content (AvgIpc) is 3.65. The van der Waals surface area contributed by atoms with Gasteiger partial charge in [0.25, 0.3) is 0 Å². The number of nitrogens with zero attached hydrogens (tertiary/aromatic N) is 3. The number of pyridine rings is 1. The fourth-order valence-corrected chi connectivity index (χ4v) is 4.48. The van der Waals surface area contributed by atoms with Gasteiger partial charge in [0, 0.05) is 23.6 Å². The SMILES string of the molecule is CC(C)(C(=O)Nc1ccc(-c2ccc(C(F)(F)F)cn2)cc1)c1ccnc(NS(=O)(=O)C2CC2)n1. The van der Waals surface area contributed by atoms with Crippen LogP contribution in [-0.4, -0.2) is 34.5 Å². The van der Waals surface area contributed by atoms with Crippen molar-refractivity contribution < 1.29 is 26.4 Å². The van der Waals surface area contributed by atoms with Gasteiger partial charge >= 0.3 is 6.18 Å². The highest BCUT2D eigenvalue weighted by Crippen LogP contribution is 2.31. The highest BCUT2D eigenvalue weighted by atomic mass is 32.2. The summed E-state index contributed by atoms with van der Waals surface area (Å²) in [5.41, 5.74) is -0.235. The number of benzene rings is 1. The Bertz CT molecular complexity index is 1340. The average molecular weight is 506 g/mol. The Labute approximate surface area is 200 Å². The molecule has 2 N–H and O–H groups in total. The van der Waals surface area contributed by atoms with Gasteiger partial charge in [-0.3, -0.25) is 14.5 Å². The lowest BCUT2D eigenvalue weighted by Crippen LogP contribution is -2.36. The summed E-state index contributed by atoms with van der Waals surface area (Å²) >= 11 is 0. The molecule has 2 aromatic heterocycles. The fraction of sp³-hybridized carbons (Fsp3) is 0.304. The van der Waals surface area contributed by atoms with Crippen molar-refractivity contribution in [3.63, 3.8) is 0 Å². The van der Waals surface area contributed by atoms with Gasteiger partial charge in [-0.1, -0.05) is 12.1 Å². The number of amides is 1. The molecule has 8 nitrogen and oxygen atoms in total. The maximum Gasteiger partial charge on any atom is 0.417 e. The minimum Gasteiger partial charge on any atom is -0.325 e. The van der Waals surface area contributed by atoms with Gasteiger partial charge in [0.05, 0.1) is 27.6 Å². The van der Waals surface area contributed by atoms with Gasteiger partial charge in [0.15, 0.2) is 0 Å². The van der Waals surface area contributed by atoms with E-state index in [1.165, 1.54) is 18.3 Å². The van der Waals surface area contributed by atoms with E-state index in [-0.39, 0.29) is 5.95 Å². The smallest absolute Gasteiger partial charge is 0.325 e. The Morgan fingerprint density at radius 2 is 1.69 bits per heavy atom. The molecule has 184 valence electrons. The van der Waals surface area contributed by atoms with Gasteiger partial charge in [0.1, 0.15) is 0 Å². The third-order valence-corrected chi connectivity index (χ3v) is 7.41. The standard InChI is InChI=1S/C23H22F3N5O3S/c1-22(2,19-11-12-27-21(30-19)31-35(33,34)17-8-9-17)20(32)29-16-6-3-14(4-7-16)18-10-5-15(13-28-18)23(24,25)26/h3-7,10-13,17H,8-9H2,1-2H3,(H,29,32)(H,27,30,31). The molecular formula is C23H22F3N5O3S. The van der Waals surface area contributed by atoms with Crippen LogP contribution in [-0.2, 0) is 26.4 Å². The van der Waals surface area contributed by atoms with Crippen molar-refractivity contribution in [1.29, 1.82) is 0 Å². The number of carbonyl (C=O) groups is 1. The fourth-order valence-electron chi connectivity index (χ4n) is 3.21. The van der Waals surface area contributed by atoms with Gasteiger partial charge in [-0.15, -0.1) is 0 Å². The lowest BCUT2D eigenvalue weighted by atomic mass is 9.88. The van der Waals surface area contributed by atoms with Crippen LogP contribution in [0.5, 0.6) is 0 Å². The van der Waals surface area contributed by atoms with Crippen LogP contribution >= 0.6 is 0 Å². The molecule has 4 rings (SSSR count). The number of carbonyl (C=O) groups excluding carboxylic acids is 1. The molecule has 0 unspecified atom stereocenters. The zero-order chi connectivity index (χ0) is 25.4. The molecular weight excluding hydrogens is 483 g/mol. The molecule has 2 heterocycles. The van der Waals surface area contributed by atoms with Crippen molar-refractivity contribution in [2.45, 2.75) is 43.5 Å². The number of anilines is 2. The molecule has 0 saturated heterocycles. The molecule has 0 bridgehead atoms. The minimum absolute atomic E-state index is 0.0938. The van der Waals surface area contributed by atoms with E-state index < -0.39 is 38.3 Å². The van der Waals surface area contributed by atoms with E-state index in [2.05, 4.69) is 25.0 Å². The Hall–Kier alpha value is -3.54. The van der Waals surface area contributed by atoms with Crippen LogP contribution in [0.25, 0.3) is 11.3 Å². The summed E-state index contributed by atoms with van der Waals surface area (Å²) in [6.07, 6.45) is -1.12. The second-order valence-corrected chi connectivity index (χ2v) is 10.7. The number of halogens is 3. The first-order chi connectivity index (χ1) is 16.4. The van der Waals surface area contributed by atoms with E-state index in [4.69, 9.17) is 0 Å². The molecule has 0 atom stereocenters. The molecule has 0 radical (unpaired) electrons. The molecule has 12 heteroatoms. The number of nitrogens with one attached hydrogen (secondary N) is 2. The van der Waals surface area contributed by atoms with Crippen LogP contribution in [0.1, 0.15) is 37.9 Å². The number of alkyl halides is 3. The predicted molar refractivity (Wildman–Crippen MR) is 124 cm³/mol. The van der Waals surface area contributed by atoms with E-state index in [0.29, 0.717) is 35.5 Å². The van der Waals surface area contributed by atoms with Crippen molar-refractivity contribution in [2.75, 3.05) is 10.0 Å². The normalized spacial score (nSPS) is 14.4. The van der Waals surface area contributed by atoms with E-state index in [1.807, 2.05) is 0 Å². The number of hydrogen-bond donors (Lipinski definition) is 2. The molecule has 0 aliphatic heterocycles. The van der Waals surface area contributed by atoms with Crippen molar-refractivity contribution in [2.24, 2.45) is 0 Å². The first-order valence-electron chi connectivity index (χ1n) is 10.7. The van der Waals surface area contributed by atoms with Crippen molar-refractivity contribution in [3.05, 3.63) is 66.1 Å². The lowest BCUT2D eigenvalue weighted by Gasteiger charge is -2.23. The van der Waals surface area contributed by atoms with Crippen LogP contribution in [0.4, 0.5) is 24.8 Å². The van der Waals surface area contributed by atoms with E-state index in [1.54, 1.807) is 38.1 Å². The Morgan fingerprint density at radius 1 is 1.00 bits per heavy atom. The summed E-state index contributed by atoms with van der Waals surface area (Å²) in [5.74, 6) is -0.490. The third kappa shape index (κ3) is 5.59. The monoisotopic (exact) mass is 505 g/mol. The van der Waals surface area contributed by atoms with Crippen molar-refractivity contribution >= 4 is 27.6 Å². The molecule has 3 aromatic rings. The van der Waals surface area contributed by atoms with Gasteiger partial charge in [-0.05, 0) is 57.0 Å². The summed E-state index contributed by atoms with van der Waals surface area (Å²) in [6.45, 7) is 3.29. The third-order valence-electron chi connectivity index (χ3n) is 5.59. The maximum atomic E-state index is 13.0. The number of hydrogen-bond acceptors (Lipinski definition) is 6. The van der Waals surface area contributed by atoms with Crippen molar-refractivity contribution in [1.82, 2.24) is 15.0 Å². The Kier molecular flexibility index (Phi) is 6.26. The second-order valence-electron chi connectivity index (χ2n) is 8.70. The zero-order valence-corrected chi connectivity index (χ0v) is 19.6. The summed E-state index contributed by atoms with van der Waals surface area (Å²) in [5, 5.41) is 2.34. The molecule has 1 fully saturated rings. The van der Waals surface area contributed by atoms with E-state index in [0.717, 1.165) is 12.3 Å². The number of rotatable bonds is 7. The molecule has 0 spiro atoms. The van der Waals surface area contributed by atoms with E-state index in [9.17, 15) is 26.4 Å². The largest absolute Gasteiger partial charge is 0.417 e. The molecule has 1 aliphatic rings. The van der Waals surface area contributed by atoms with Gasteiger partial charge < -0.3 is 5.32 Å². The Balaban J connectivity index is 1.46. The molecule has 1 amide bonds. The van der Waals surface area contributed by atoms with Gasteiger partial charge in [-0.2, -0.15) is 13.2 Å². The number of aromatic nitrogens is 3. The minimum atomic E-state index is -4.46. The maximum absolute atomic E-state index is 13.0. The summed E-state index contributed by atoms with van der Waals surface area (Å²) < 4.78 is 64.9. The topological polar surface area (TPSA) is 114 Å². The molecule has 1 saturated carbocycles. The van der Waals surface area contributed by atoms with Crippen LogP contribution in [0.15, 0.2) is 54.9 Å². The highest BCUT2D eigenvalue weighted by Gasteiger charge is 2.37. The van der Waals surface area contributed by atoms with Crippen LogP contribution in [0.2, 0.25) is 0 Å². The lowest BCUT2D eigenvalue weighted by molar-refractivity contribution is -0.137. The number of sulfonamides is 1. The predicted octanol–water partition coefficient (Wildman–Crippen LogP) is 4.38. The summed E-state index contributed by atoms with van der Waals surface area (Å²) in [6, 6.07) is 10.3. The second kappa shape index (κ2) is 8.91. The van der Waals surface area contributed by atoms with E-state index >= 15 is 0 Å². The zero-order valence-electron chi connectivity index (χ0n) is 18.8. The van der Waals surface area contributed by atoms with Gasteiger partial charge in [0.2, 0.25) is 21.9 Å². The van der Waals surface area contributed by atoms with Gasteiger partial charge in [-0.25, -0.2) is 18.4 Å². The van der Waals surface area contributed by atoms with Crippen LogP contribution in [0, 0.1) is 0 Å². The molecule has 1 aliphatic carbocycles. The Morgan fingerprint density at radius 3 is 2.26 bits per heavy atom. The summed E-state index contributed by atoms with van der Waals surface area (Å²) in [7, 11) is -3.54. The first kappa shape index (κ1) is 24.6. The summed E-state index contributed by atoms with van der Waals surface area (Å²) in [4.78, 5) is 25.0. The quantitative estimate of drug-likeness (QED) is 0.493. The first-order valence-corrected chi connectivity index (χ1v) is 12.2. The molecule has 35 heavy (non-hydrogen) atoms. The highest BCUT2D eigenvalue weighted by molar-refractivity contribution is 7.93.